The highest BCUT2D eigenvalue weighted by atomic mass is 79.9. The van der Waals surface area contributed by atoms with Crippen LogP contribution in [0.1, 0.15) is 31.3 Å². The number of hydrogen-bond acceptors (Lipinski definition) is 4. The topological polar surface area (TPSA) is 24.9 Å². The molecule has 5 heteroatoms. The summed E-state index contributed by atoms with van der Waals surface area (Å²) in [5.41, 5.74) is 0. The molecule has 0 saturated carbocycles. The molecule has 86 valence electrons. The van der Waals surface area contributed by atoms with E-state index in [-0.39, 0.29) is 0 Å². The van der Waals surface area contributed by atoms with Crippen molar-refractivity contribution in [3.63, 3.8) is 0 Å². The molecule has 2 atom stereocenters. The molecule has 0 aliphatic carbocycles. The fraction of sp³-hybridized carbons (Fsp3) is 0.700. The third-order valence-corrected chi connectivity index (χ3v) is 4.46. The summed E-state index contributed by atoms with van der Waals surface area (Å²) in [6, 6.07) is 0.897. The van der Waals surface area contributed by atoms with E-state index in [0.717, 1.165) is 8.79 Å². The summed E-state index contributed by atoms with van der Waals surface area (Å²) in [4.78, 5) is 4.35. The number of thioether (sulfide) groups is 1. The molecule has 0 bridgehead atoms. The van der Waals surface area contributed by atoms with Crippen LogP contribution in [0.5, 0.6) is 0 Å². The third-order valence-electron chi connectivity index (χ3n) is 2.16. The summed E-state index contributed by atoms with van der Waals surface area (Å²) in [6.07, 6.45) is 5.22. The van der Waals surface area contributed by atoms with Crippen LogP contribution < -0.4 is 5.32 Å². The van der Waals surface area contributed by atoms with Gasteiger partial charge in [0.05, 0.1) is 16.0 Å². The number of rotatable bonds is 6. The molecular weight excluding hydrogens is 292 g/mol. The van der Waals surface area contributed by atoms with E-state index >= 15 is 0 Å². The predicted octanol–water partition coefficient (Wildman–Crippen LogP) is 3.70. The van der Waals surface area contributed by atoms with E-state index in [1.807, 2.05) is 18.0 Å². The van der Waals surface area contributed by atoms with E-state index in [4.69, 9.17) is 0 Å². The van der Waals surface area contributed by atoms with Gasteiger partial charge in [0, 0.05) is 6.04 Å². The zero-order chi connectivity index (χ0) is 11.3. The van der Waals surface area contributed by atoms with Gasteiger partial charge < -0.3 is 5.32 Å². The lowest BCUT2D eigenvalue weighted by atomic mass is 10.2. The van der Waals surface area contributed by atoms with Crippen molar-refractivity contribution in [3.8, 4) is 0 Å². The SMILES string of the molecule is CSCCC(C)NC(C)c1ncc(Br)s1. The number of nitrogens with one attached hydrogen (secondary N) is 1. The molecule has 1 aromatic heterocycles. The molecular formula is C10H17BrN2S2. The zero-order valence-electron chi connectivity index (χ0n) is 9.29. The second-order valence-electron chi connectivity index (χ2n) is 3.57. The quantitative estimate of drug-likeness (QED) is 0.867. The first-order valence-electron chi connectivity index (χ1n) is 4.99. The van der Waals surface area contributed by atoms with E-state index in [2.05, 4.69) is 46.3 Å². The molecule has 0 aliphatic rings. The Morgan fingerprint density at radius 3 is 2.87 bits per heavy atom. The maximum Gasteiger partial charge on any atom is 0.110 e. The Hall–Kier alpha value is 0.420. The maximum absolute atomic E-state index is 4.35. The van der Waals surface area contributed by atoms with Crippen LogP contribution in [-0.2, 0) is 0 Å². The second kappa shape index (κ2) is 6.89. The smallest absolute Gasteiger partial charge is 0.110 e. The first-order chi connectivity index (χ1) is 7.13. The molecule has 1 heterocycles. The van der Waals surface area contributed by atoms with Crippen molar-refractivity contribution >= 4 is 39.0 Å². The van der Waals surface area contributed by atoms with Crippen molar-refractivity contribution < 1.29 is 0 Å². The highest BCUT2D eigenvalue weighted by Gasteiger charge is 2.12. The molecule has 15 heavy (non-hydrogen) atoms. The Balaban J connectivity index is 2.38. The predicted molar refractivity (Wildman–Crippen MR) is 73.8 cm³/mol. The average Bonchev–Trinajstić information content (AvgIpc) is 2.61. The highest BCUT2D eigenvalue weighted by Crippen LogP contribution is 2.24. The van der Waals surface area contributed by atoms with Gasteiger partial charge in [0.1, 0.15) is 5.01 Å². The number of halogens is 1. The average molecular weight is 309 g/mol. The fourth-order valence-corrected chi connectivity index (χ4v) is 3.19. The maximum atomic E-state index is 4.35. The highest BCUT2D eigenvalue weighted by molar-refractivity contribution is 9.11. The number of aromatic nitrogens is 1. The van der Waals surface area contributed by atoms with Crippen molar-refractivity contribution in [2.75, 3.05) is 12.0 Å². The van der Waals surface area contributed by atoms with Gasteiger partial charge in [-0.15, -0.1) is 11.3 Å². The van der Waals surface area contributed by atoms with Crippen molar-refractivity contribution in [2.45, 2.75) is 32.4 Å². The van der Waals surface area contributed by atoms with Gasteiger partial charge in [0.25, 0.3) is 0 Å². The molecule has 1 aromatic rings. The number of nitrogens with zero attached hydrogens (tertiary/aromatic N) is 1. The van der Waals surface area contributed by atoms with Gasteiger partial charge in [0.2, 0.25) is 0 Å². The Kier molecular flexibility index (Phi) is 6.19. The molecule has 0 aromatic carbocycles. The lowest BCUT2D eigenvalue weighted by Crippen LogP contribution is -2.29. The first kappa shape index (κ1) is 13.5. The number of thiazole rings is 1. The van der Waals surface area contributed by atoms with Crippen LogP contribution in [-0.4, -0.2) is 23.0 Å². The minimum atomic E-state index is 0.346. The molecule has 0 saturated heterocycles. The van der Waals surface area contributed by atoms with Crippen LogP contribution in [0.2, 0.25) is 0 Å². The monoisotopic (exact) mass is 308 g/mol. The minimum absolute atomic E-state index is 0.346. The second-order valence-corrected chi connectivity index (χ2v) is 7.00. The molecule has 2 nitrogen and oxygen atoms in total. The van der Waals surface area contributed by atoms with E-state index in [1.165, 1.54) is 12.2 Å². The van der Waals surface area contributed by atoms with Gasteiger partial charge in [-0.1, -0.05) is 0 Å². The van der Waals surface area contributed by atoms with Crippen LogP contribution in [0.4, 0.5) is 0 Å². The Morgan fingerprint density at radius 2 is 2.33 bits per heavy atom. The van der Waals surface area contributed by atoms with E-state index in [0.29, 0.717) is 12.1 Å². The van der Waals surface area contributed by atoms with Gasteiger partial charge >= 0.3 is 0 Å². The summed E-state index contributed by atoms with van der Waals surface area (Å²) in [7, 11) is 0. The van der Waals surface area contributed by atoms with Gasteiger partial charge in [-0.2, -0.15) is 11.8 Å². The van der Waals surface area contributed by atoms with E-state index in [9.17, 15) is 0 Å². The van der Waals surface area contributed by atoms with Crippen molar-refractivity contribution in [2.24, 2.45) is 0 Å². The normalized spacial score (nSPS) is 15.2. The van der Waals surface area contributed by atoms with E-state index < -0.39 is 0 Å². The van der Waals surface area contributed by atoms with Crippen molar-refractivity contribution in [1.82, 2.24) is 10.3 Å². The molecule has 0 radical (unpaired) electrons. The number of hydrogen-bond donors (Lipinski definition) is 1. The molecule has 0 fully saturated rings. The summed E-state index contributed by atoms with van der Waals surface area (Å²) in [6.45, 7) is 4.40. The van der Waals surface area contributed by atoms with Gasteiger partial charge in [0.15, 0.2) is 0 Å². The zero-order valence-corrected chi connectivity index (χ0v) is 12.5. The van der Waals surface area contributed by atoms with Gasteiger partial charge in [-0.05, 0) is 48.2 Å². The Bertz CT molecular complexity index is 291. The van der Waals surface area contributed by atoms with Crippen LogP contribution in [0.25, 0.3) is 0 Å². The Morgan fingerprint density at radius 1 is 1.60 bits per heavy atom. The lowest BCUT2D eigenvalue weighted by Gasteiger charge is -2.17. The van der Waals surface area contributed by atoms with Crippen molar-refractivity contribution in [1.29, 1.82) is 0 Å². The molecule has 0 spiro atoms. The standard InChI is InChI=1S/C10H17BrN2S2/c1-7(4-5-14-3)13-8(2)10-12-6-9(11)15-10/h6-8,13H,4-5H2,1-3H3. The summed E-state index contributed by atoms with van der Waals surface area (Å²) < 4.78 is 1.10. The van der Waals surface area contributed by atoms with Crippen LogP contribution in [0, 0.1) is 0 Å². The lowest BCUT2D eigenvalue weighted by molar-refractivity contribution is 0.470. The molecule has 0 amide bonds. The van der Waals surface area contributed by atoms with E-state index in [1.54, 1.807) is 11.3 Å². The molecule has 1 rings (SSSR count). The summed E-state index contributed by atoms with van der Waals surface area (Å²) in [5.74, 6) is 1.21. The van der Waals surface area contributed by atoms with Gasteiger partial charge in [-0.3, -0.25) is 0 Å². The first-order valence-corrected chi connectivity index (χ1v) is 8.00. The molecule has 0 aliphatic heterocycles. The van der Waals surface area contributed by atoms with Crippen LogP contribution in [0.3, 0.4) is 0 Å². The van der Waals surface area contributed by atoms with Crippen LogP contribution in [0.15, 0.2) is 9.98 Å². The van der Waals surface area contributed by atoms with Crippen molar-refractivity contribution in [3.05, 3.63) is 15.0 Å². The summed E-state index contributed by atoms with van der Waals surface area (Å²) >= 11 is 7.03. The third kappa shape index (κ3) is 4.85. The molecule has 1 N–H and O–H groups in total. The molecule has 2 unspecified atom stereocenters. The van der Waals surface area contributed by atoms with Gasteiger partial charge in [-0.25, -0.2) is 4.98 Å². The largest absolute Gasteiger partial charge is 0.306 e. The Labute approximate surface area is 108 Å². The van der Waals surface area contributed by atoms with Crippen LogP contribution >= 0.6 is 39.0 Å². The summed E-state index contributed by atoms with van der Waals surface area (Å²) in [5, 5.41) is 4.71. The minimum Gasteiger partial charge on any atom is -0.306 e. The fourth-order valence-electron chi connectivity index (χ4n) is 1.34.